The molecular formula is C14H18FN3S. The largest absolute Gasteiger partial charge is 0.380 e. The lowest BCUT2D eigenvalue weighted by molar-refractivity contribution is 0.628. The van der Waals surface area contributed by atoms with Crippen molar-refractivity contribution in [2.24, 2.45) is 0 Å². The van der Waals surface area contributed by atoms with Gasteiger partial charge < -0.3 is 10.2 Å². The first-order valence-electron chi connectivity index (χ1n) is 6.42. The van der Waals surface area contributed by atoms with Gasteiger partial charge in [-0.2, -0.15) is 0 Å². The summed E-state index contributed by atoms with van der Waals surface area (Å²) in [4.78, 5) is 7.83. The standard InChI is InChI=1S/C14H18FN3S/c1-3-18(4-2)14-17-10-13(19-14)9-16-12-7-5-11(15)6-8-12/h5-8,10,16H,3-4,9H2,1-2H3. The van der Waals surface area contributed by atoms with Crippen molar-refractivity contribution in [1.29, 1.82) is 0 Å². The van der Waals surface area contributed by atoms with Crippen molar-refractivity contribution in [3.8, 4) is 0 Å². The van der Waals surface area contributed by atoms with Crippen LogP contribution in [0.15, 0.2) is 30.5 Å². The normalized spacial score (nSPS) is 10.5. The van der Waals surface area contributed by atoms with Gasteiger partial charge >= 0.3 is 0 Å². The fraction of sp³-hybridized carbons (Fsp3) is 0.357. The molecule has 1 aromatic carbocycles. The lowest BCUT2D eigenvalue weighted by atomic mass is 10.3. The topological polar surface area (TPSA) is 28.2 Å². The highest BCUT2D eigenvalue weighted by Crippen LogP contribution is 2.23. The van der Waals surface area contributed by atoms with Crippen molar-refractivity contribution >= 4 is 22.2 Å². The van der Waals surface area contributed by atoms with Crippen molar-refractivity contribution in [1.82, 2.24) is 4.98 Å². The van der Waals surface area contributed by atoms with E-state index in [1.165, 1.54) is 17.0 Å². The molecule has 3 nitrogen and oxygen atoms in total. The molecule has 0 fully saturated rings. The molecule has 0 bridgehead atoms. The van der Waals surface area contributed by atoms with Crippen molar-refractivity contribution < 1.29 is 4.39 Å². The zero-order valence-corrected chi connectivity index (χ0v) is 12.0. The van der Waals surface area contributed by atoms with Gasteiger partial charge in [0.15, 0.2) is 5.13 Å². The summed E-state index contributed by atoms with van der Waals surface area (Å²) in [6, 6.07) is 6.38. The summed E-state index contributed by atoms with van der Waals surface area (Å²) >= 11 is 1.69. The van der Waals surface area contributed by atoms with Gasteiger partial charge in [0, 0.05) is 29.9 Å². The first kappa shape index (κ1) is 13.8. The molecule has 1 heterocycles. The van der Waals surface area contributed by atoms with Gasteiger partial charge in [0.05, 0.1) is 6.54 Å². The molecule has 0 unspecified atom stereocenters. The number of hydrogen-bond acceptors (Lipinski definition) is 4. The third-order valence-electron chi connectivity index (χ3n) is 2.89. The Kier molecular flexibility index (Phi) is 4.74. The number of benzene rings is 1. The Morgan fingerprint density at radius 1 is 1.21 bits per heavy atom. The van der Waals surface area contributed by atoms with Crippen LogP contribution in [0.4, 0.5) is 15.2 Å². The quantitative estimate of drug-likeness (QED) is 0.873. The molecule has 0 atom stereocenters. The SMILES string of the molecule is CCN(CC)c1ncc(CNc2ccc(F)cc2)s1. The molecule has 0 saturated heterocycles. The minimum Gasteiger partial charge on any atom is -0.380 e. The molecular weight excluding hydrogens is 261 g/mol. The summed E-state index contributed by atoms with van der Waals surface area (Å²) in [6.07, 6.45) is 1.90. The van der Waals surface area contributed by atoms with Gasteiger partial charge in [0.2, 0.25) is 0 Å². The number of nitrogens with zero attached hydrogens (tertiary/aromatic N) is 2. The molecule has 1 aromatic heterocycles. The molecule has 1 N–H and O–H groups in total. The predicted octanol–water partition coefficient (Wildman–Crippen LogP) is 3.74. The third-order valence-corrected chi connectivity index (χ3v) is 3.94. The van der Waals surface area contributed by atoms with E-state index < -0.39 is 0 Å². The number of anilines is 2. The van der Waals surface area contributed by atoms with Crippen LogP contribution in [0.25, 0.3) is 0 Å². The van der Waals surface area contributed by atoms with Gasteiger partial charge in [-0.1, -0.05) is 0 Å². The third kappa shape index (κ3) is 3.67. The second-order valence-corrected chi connectivity index (χ2v) is 5.24. The number of nitrogens with one attached hydrogen (secondary N) is 1. The molecule has 0 aliphatic heterocycles. The molecule has 102 valence electrons. The first-order chi connectivity index (χ1) is 9.22. The zero-order valence-electron chi connectivity index (χ0n) is 11.2. The van der Waals surface area contributed by atoms with E-state index in [4.69, 9.17) is 0 Å². The van der Waals surface area contributed by atoms with Crippen molar-refractivity contribution in [2.45, 2.75) is 20.4 Å². The fourth-order valence-corrected chi connectivity index (χ4v) is 2.75. The summed E-state index contributed by atoms with van der Waals surface area (Å²) < 4.78 is 12.8. The average molecular weight is 279 g/mol. The molecule has 0 aliphatic carbocycles. The maximum atomic E-state index is 12.8. The van der Waals surface area contributed by atoms with Crippen LogP contribution < -0.4 is 10.2 Å². The molecule has 0 aliphatic rings. The minimum absolute atomic E-state index is 0.216. The molecule has 19 heavy (non-hydrogen) atoms. The summed E-state index contributed by atoms with van der Waals surface area (Å²) in [5.41, 5.74) is 0.916. The van der Waals surface area contributed by atoms with Crippen LogP contribution in [-0.4, -0.2) is 18.1 Å². The number of thiazole rings is 1. The summed E-state index contributed by atoms with van der Waals surface area (Å²) in [5.74, 6) is -0.216. The van der Waals surface area contributed by atoms with Crippen LogP contribution in [-0.2, 0) is 6.54 Å². The number of hydrogen-bond donors (Lipinski definition) is 1. The minimum atomic E-state index is -0.216. The van der Waals surface area contributed by atoms with Gasteiger partial charge in [-0.25, -0.2) is 9.37 Å². The Bertz CT molecular complexity index is 506. The van der Waals surface area contributed by atoms with Gasteiger partial charge in [-0.05, 0) is 38.1 Å². The van der Waals surface area contributed by atoms with Crippen molar-refractivity contribution in [2.75, 3.05) is 23.3 Å². The van der Waals surface area contributed by atoms with Crippen LogP contribution >= 0.6 is 11.3 Å². The van der Waals surface area contributed by atoms with E-state index in [2.05, 4.69) is 29.0 Å². The Hall–Kier alpha value is -1.62. The van der Waals surface area contributed by atoms with Crippen LogP contribution in [0.1, 0.15) is 18.7 Å². The average Bonchev–Trinajstić information content (AvgIpc) is 2.88. The summed E-state index contributed by atoms with van der Waals surface area (Å²) in [7, 11) is 0. The van der Waals surface area contributed by atoms with E-state index in [0.29, 0.717) is 6.54 Å². The van der Waals surface area contributed by atoms with Gasteiger partial charge in [-0.15, -0.1) is 11.3 Å². The predicted molar refractivity (Wildman–Crippen MR) is 79.4 cm³/mol. The van der Waals surface area contributed by atoms with Crippen LogP contribution in [0.3, 0.4) is 0 Å². The monoisotopic (exact) mass is 279 g/mol. The number of halogens is 1. The van der Waals surface area contributed by atoms with Gasteiger partial charge in [-0.3, -0.25) is 0 Å². The van der Waals surface area contributed by atoms with E-state index in [1.807, 2.05) is 6.20 Å². The van der Waals surface area contributed by atoms with Gasteiger partial charge in [0.1, 0.15) is 5.82 Å². The number of rotatable bonds is 6. The van der Waals surface area contributed by atoms with Crippen molar-refractivity contribution in [3.63, 3.8) is 0 Å². The van der Waals surface area contributed by atoms with Crippen molar-refractivity contribution in [3.05, 3.63) is 41.2 Å². The molecule has 0 spiro atoms. The van der Waals surface area contributed by atoms with Gasteiger partial charge in [0.25, 0.3) is 0 Å². The Morgan fingerprint density at radius 3 is 2.53 bits per heavy atom. The number of aromatic nitrogens is 1. The van der Waals surface area contributed by atoms with E-state index in [0.717, 1.165) is 23.9 Å². The lowest BCUT2D eigenvalue weighted by Gasteiger charge is -2.16. The molecule has 0 radical (unpaired) electrons. The van der Waals surface area contributed by atoms with E-state index in [1.54, 1.807) is 23.5 Å². The molecule has 0 amide bonds. The summed E-state index contributed by atoms with van der Waals surface area (Å²) in [6.45, 7) is 6.90. The lowest BCUT2D eigenvalue weighted by Crippen LogP contribution is -2.21. The molecule has 2 rings (SSSR count). The smallest absolute Gasteiger partial charge is 0.185 e. The highest BCUT2D eigenvalue weighted by molar-refractivity contribution is 7.15. The molecule has 0 saturated carbocycles. The van der Waals surface area contributed by atoms with Crippen LogP contribution in [0.5, 0.6) is 0 Å². The van der Waals surface area contributed by atoms with E-state index >= 15 is 0 Å². The maximum absolute atomic E-state index is 12.8. The summed E-state index contributed by atoms with van der Waals surface area (Å²) in [5, 5.41) is 4.32. The highest BCUT2D eigenvalue weighted by Gasteiger charge is 2.07. The highest BCUT2D eigenvalue weighted by atomic mass is 32.1. The van der Waals surface area contributed by atoms with Crippen LogP contribution in [0, 0.1) is 5.82 Å². The Morgan fingerprint density at radius 2 is 1.89 bits per heavy atom. The van der Waals surface area contributed by atoms with E-state index in [9.17, 15) is 4.39 Å². The first-order valence-corrected chi connectivity index (χ1v) is 7.23. The maximum Gasteiger partial charge on any atom is 0.185 e. The zero-order chi connectivity index (χ0) is 13.7. The Labute approximate surface area is 117 Å². The molecule has 5 heteroatoms. The Balaban J connectivity index is 1.95. The molecule has 2 aromatic rings. The second kappa shape index (κ2) is 6.52. The van der Waals surface area contributed by atoms with Crippen LogP contribution in [0.2, 0.25) is 0 Å². The van der Waals surface area contributed by atoms with E-state index in [-0.39, 0.29) is 5.82 Å². The fourth-order valence-electron chi connectivity index (χ4n) is 1.78. The second-order valence-electron chi connectivity index (χ2n) is 4.14.